The lowest BCUT2D eigenvalue weighted by molar-refractivity contribution is 0.245. The van der Waals surface area contributed by atoms with Gasteiger partial charge in [-0.3, -0.25) is 0 Å². The van der Waals surface area contributed by atoms with Crippen LogP contribution >= 0.6 is 0 Å². The van der Waals surface area contributed by atoms with Gasteiger partial charge in [0, 0.05) is 11.6 Å². The summed E-state index contributed by atoms with van der Waals surface area (Å²) in [6.45, 7) is 4.59. The highest BCUT2D eigenvalue weighted by molar-refractivity contribution is 5.20. The zero-order valence-electron chi connectivity index (χ0n) is 9.09. The molecule has 0 amide bonds. The normalized spacial score (nSPS) is 26.0. The van der Waals surface area contributed by atoms with Crippen LogP contribution in [0.25, 0.3) is 0 Å². The Morgan fingerprint density at radius 1 is 1.21 bits per heavy atom. The Morgan fingerprint density at radius 3 is 2.57 bits per heavy atom. The molecule has 1 heteroatoms. The molecule has 1 heterocycles. The Balaban J connectivity index is 2.12. The lowest BCUT2D eigenvalue weighted by Gasteiger charge is -2.37. The van der Waals surface area contributed by atoms with Crippen molar-refractivity contribution < 1.29 is 0 Å². The summed E-state index contributed by atoms with van der Waals surface area (Å²) in [5.74, 6) is 0. The van der Waals surface area contributed by atoms with E-state index in [2.05, 4.69) is 49.5 Å². The van der Waals surface area contributed by atoms with E-state index in [0.717, 1.165) is 0 Å². The van der Waals surface area contributed by atoms with Gasteiger partial charge >= 0.3 is 0 Å². The van der Waals surface area contributed by atoms with Gasteiger partial charge in [0.05, 0.1) is 0 Å². The second-order valence-corrected chi connectivity index (χ2v) is 4.88. The van der Waals surface area contributed by atoms with Crippen molar-refractivity contribution in [3.8, 4) is 0 Å². The average molecular weight is 189 g/mol. The lowest BCUT2D eigenvalue weighted by Crippen LogP contribution is -2.44. The molecule has 0 unspecified atom stereocenters. The molecule has 1 nitrogen and oxygen atoms in total. The maximum absolute atomic E-state index is 3.71. The number of piperidine rings is 1. The first kappa shape index (κ1) is 9.72. The van der Waals surface area contributed by atoms with Crippen LogP contribution in [0, 0.1) is 0 Å². The van der Waals surface area contributed by atoms with Crippen molar-refractivity contribution in [2.75, 3.05) is 0 Å². The molecule has 0 saturated carbocycles. The topological polar surface area (TPSA) is 12.0 Å². The molecule has 1 aromatic carbocycles. The van der Waals surface area contributed by atoms with Gasteiger partial charge < -0.3 is 5.32 Å². The van der Waals surface area contributed by atoms with Gasteiger partial charge in [-0.1, -0.05) is 30.3 Å². The molecule has 0 aliphatic carbocycles. The summed E-state index contributed by atoms with van der Waals surface area (Å²) in [5.41, 5.74) is 1.74. The monoisotopic (exact) mass is 189 g/mol. The first-order valence-electron chi connectivity index (χ1n) is 5.50. The van der Waals surface area contributed by atoms with Crippen molar-refractivity contribution in [1.29, 1.82) is 0 Å². The Hall–Kier alpha value is -0.820. The summed E-state index contributed by atoms with van der Waals surface area (Å²) in [4.78, 5) is 0. The molecule has 1 atom stereocenters. The van der Waals surface area contributed by atoms with Crippen LogP contribution in [0.15, 0.2) is 30.3 Å². The summed E-state index contributed by atoms with van der Waals surface area (Å²) in [6.07, 6.45) is 3.89. The third-order valence-electron chi connectivity index (χ3n) is 3.06. The smallest absolute Gasteiger partial charge is 0.0324 e. The van der Waals surface area contributed by atoms with Gasteiger partial charge in [-0.15, -0.1) is 0 Å². The van der Waals surface area contributed by atoms with Crippen LogP contribution in [-0.4, -0.2) is 5.54 Å². The molecule has 0 aromatic heterocycles. The highest BCUT2D eigenvalue weighted by Crippen LogP contribution is 2.30. The van der Waals surface area contributed by atoms with Crippen molar-refractivity contribution in [1.82, 2.24) is 5.32 Å². The van der Waals surface area contributed by atoms with Crippen molar-refractivity contribution in [3.05, 3.63) is 35.9 Å². The van der Waals surface area contributed by atoms with E-state index in [-0.39, 0.29) is 0 Å². The molecule has 1 aromatic rings. The Morgan fingerprint density at radius 2 is 1.93 bits per heavy atom. The number of hydrogen-bond donors (Lipinski definition) is 1. The van der Waals surface area contributed by atoms with Crippen LogP contribution in [0.3, 0.4) is 0 Å². The lowest BCUT2D eigenvalue weighted by atomic mass is 9.86. The van der Waals surface area contributed by atoms with Crippen molar-refractivity contribution in [2.24, 2.45) is 0 Å². The minimum absolute atomic E-state index is 0.304. The molecule has 0 spiro atoms. The molecule has 14 heavy (non-hydrogen) atoms. The fraction of sp³-hybridized carbons (Fsp3) is 0.538. The zero-order chi connectivity index (χ0) is 10.0. The van der Waals surface area contributed by atoms with Gasteiger partial charge in [-0.05, 0) is 38.7 Å². The highest BCUT2D eigenvalue weighted by Gasteiger charge is 2.27. The van der Waals surface area contributed by atoms with E-state index >= 15 is 0 Å². The Labute approximate surface area is 86.5 Å². The zero-order valence-corrected chi connectivity index (χ0v) is 9.09. The number of hydrogen-bond acceptors (Lipinski definition) is 1. The third-order valence-corrected chi connectivity index (χ3v) is 3.06. The van der Waals surface area contributed by atoms with Crippen LogP contribution in [0.4, 0.5) is 0 Å². The minimum atomic E-state index is 0.304. The highest BCUT2D eigenvalue weighted by atomic mass is 15.0. The van der Waals surface area contributed by atoms with Crippen LogP contribution in [0.1, 0.15) is 44.7 Å². The first-order chi connectivity index (χ1) is 6.67. The summed E-state index contributed by atoms with van der Waals surface area (Å²) < 4.78 is 0. The summed E-state index contributed by atoms with van der Waals surface area (Å²) in [7, 11) is 0. The second-order valence-electron chi connectivity index (χ2n) is 4.88. The summed E-state index contributed by atoms with van der Waals surface area (Å²) >= 11 is 0. The number of nitrogens with one attached hydrogen (secondary N) is 1. The maximum atomic E-state index is 3.71. The Bertz CT molecular complexity index is 289. The van der Waals surface area contributed by atoms with Gasteiger partial charge in [-0.2, -0.15) is 0 Å². The van der Waals surface area contributed by atoms with Crippen molar-refractivity contribution >= 4 is 0 Å². The molecule has 2 rings (SSSR count). The van der Waals surface area contributed by atoms with E-state index in [0.29, 0.717) is 11.6 Å². The standard InChI is InChI=1S/C13H19N/c1-13(2)10-6-9-12(14-13)11-7-4-3-5-8-11/h3-5,7-8,12,14H,6,9-10H2,1-2H3/t12-/m0/s1. The van der Waals surface area contributed by atoms with Gasteiger partial charge in [0.25, 0.3) is 0 Å². The average Bonchev–Trinajstić information content (AvgIpc) is 2.18. The summed E-state index contributed by atoms with van der Waals surface area (Å²) in [5, 5.41) is 3.71. The quantitative estimate of drug-likeness (QED) is 0.715. The predicted octanol–water partition coefficient (Wildman–Crippen LogP) is 3.28. The molecular formula is C13H19N. The van der Waals surface area contributed by atoms with Gasteiger partial charge in [0.2, 0.25) is 0 Å². The molecular weight excluding hydrogens is 170 g/mol. The summed E-state index contributed by atoms with van der Waals surface area (Å²) in [6, 6.07) is 11.3. The largest absolute Gasteiger partial charge is 0.305 e. The van der Waals surface area contributed by atoms with E-state index in [9.17, 15) is 0 Å². The predicted molar refractivity (Wildman–Crippen MR) is 60.2 cm³/mol. The number of benzene rings is 1. The first-order valence-corrected chi connectivity index (χ1v) is 5.50. The Kier molecular flexibility index (Phi) is 2.60. The molecule has 1 fully saturated rings. The van der Waals surface area contributed by atoms with Crippen LogP contribution in [0.5, 0.6) is 0 Å². The van der Waals surface area contributed by atoms with E-state index in [4.69, 9.17) is 0 Å². The SMILES string of the molecule is CC1(C)CCC[C@@H](c2ccccc2)N1. The van der Waals surface area contributed by atoms with Gasteiger partial charge in [0.1, 0.15) is 0 Å². The molecule has 1 N–H and O–H groups in total. The second kappa shape index (κ2) is 3.74. The van der Waals surface area contributed by atoms with E-state index < -0.39 is 0 Å². The maximum Gasteiger partial charge on any atom is 0.0324 e. The van der Waals surface area contributed by atoms with Crippen molar-refractivity contribution in [2.45, 2.75) is 44.7 Å². The van der Waals surface area contributed by atoms with E-state index in [1.807, 2.05) is 0 Å². The van der Waals surface area contributed by atoms with Crippen molar-refractivity contribution in [3.63, 3.8) is 0 Å². The molecule has 1 aliphatic rings. The molecule has 1 saturated heterocycles. The number of rotatable bonds is 1. The van der Waals surface area contributed by atoms with Crippen LogP contribution in [-0.2, 0) is 0 Å². The minimum Gasteiger partial charge on any atom is -0.305 e. The fourth-order valence-electron chi connectivity index (χ4n) is 2.30. The van der Waals surface area contributed by atoms with E-state index in [1.165, 1.54) is 24.8 Å². The van der Waals surface area contributed by atoms with Gasteiger partial charge in [0.15, 0.2) is 0 Å². The molecule has 0 bridgehead atoms. The molecule has 0 radical (unpaired) electrons. The van der Waals surface area contributed by atoms with E-state index in [1.54, 1.807) is 0 Å². The van der Waals surface area contributed by atoms with Gasteiger partial charge in [-0.25, -0.2) is 0 Å². The third kappa shape index (κ3) is 2.16. The van der Waals surface area contributed by atoms with Crippen LogP contribution < -0.4 is 5.32 Å². The molecule has 1 aliphatic heterocycles. The van der Waals surface area contributed by atoms with Crippen LogP contribution in [0.2, 0.25) is 0 Å². The fourth-order valence-corrected chi connectivity index (χ4v) is 2.30. The molecule has 76 valence electrons.